The lowest BCUT2D eigenvalue weighted by Gasteiger charge is -2.32. The molecule has 0 aromatic carbocycles. The molecule has 0 aliphatic carbocycles. The van der Waals surface area contributed by atoms with Gasteiger partial charge in [0.2, 0.25) is 5.88 Å². The lowest BCUT2D eigenvalue weighted by molar-refractivity contribution is 0.148. The molecule has 8 heteroatoms. The van der Waals surface area contributed by atoms with E-state index < -0.39 is 0 Å². The Morgan fingerprint density at radius 1 is 1.28 bits per heavy atom. The van der Waals surface area contributed by atoms with Crippen LogP contribution in [0, 0.1) is 6.92 Å². The van der Waals surface area contributed by atoms with E-state index in [1.807, 2.05) is 31.2 Å². The van der Waals surface area contributed by atoms with E-state index in [4.69, 9.17) is 9.26 Å². The molecule has 0 bridgehead atoms. The highest BCUT2D eigenvalue weighted by atomic mass is 16.5. The molecule has 0 N–H and O–H groups in total. The first-order chi connectivity index (χ1) is 12.2. The molecule has 130 valence electrons. The highest BCUT2D eigenvalue weighted by molar-refractivity contribution is 5.11. The summed E-state index contributed by atoms with van der Waals surface area (Å²) in [5, 5.41) is 12.8. The third-order valence-corrected chi connectivity index (χ3v) is 4.42. The van der Waals surface area contributed by atoms with Crippen LogP contribution < -0.4 is 4.74 Å². The first-order valence-electron chi connectivity index (χ1n) is 8.33. The van der Waals surface area contributed by atoms with Gasteiger partial charge in [0.1, 0.15) is 18.2 Å². The van der Waals surface area contributed by atoms with Crippen molar-refractivity contribution >= 4 is 0 Å². The number of hydrogen-bond donors (Lipinski definition) is 0. The van der Waals surface area contributed by atoms with Crippen LogP contribution in [0.15, 0.2) is 35.0 Å². The molecule has 4 rings (SSSR count). The molecule has 0 spiro atoms. The topological polar surface area (TPSA) is 82.1 Å². The molecule has 0 amide bonds. The zero-order chi connectivity index (χ0) is 17.2. The average Bonchev–Trinajstić information content (AvgIpc) is 3.23. The number of nitrogens with zero attached hydrogens (tertiary/aromatic N) is 6. The van der Waals surface area contributed by atoms with Crippen molar-refractivity contribution in [3.8, 4) is 5.88 Å². The van der Waals surface area contributed by atoms with Crippen LogP contribution in [0.25, 0.3) is 0 Å². The maximum absolute atomic E-state index is 5.71. The lowest BCUT2D eigenvalue weighted by atomic mass is 10.2. The Balaban J connectivity index is 1.45. The summed E-state index contributed by atoms with van der Waals surface area (Å²) in [4.78, 5) is 6.49. The third-order valence-electron chi connectivity index (χ3n) is 4.42. The number of ether oxygens (including phenoxy) is 1. The second kappa shape index (κ2) is 6.64. The molecular weight excluding hydrogens is 320 g/mol. The second-order valence-corrected chi connectivity index (χ2v) is 6.16. The molecular formula is C17H20N6O2. The van der Waals surface area contributed by atoms with Crippen molar-refractivity contribution in [2.24, 2.45) is 0 Å². The van der Waals surface area contributed by atoms with Crippen molar-refractivity contribution in [2.75, 3.05) is 6.54 Å². The number of fused-ring (bicyclic) bond motifs is 1. The Morgan fingerprint density at radius 2 is 2.20 bits per heavy atom. The van der Waals surface area contributed by atoms with E-state index in [0.717, 1.165) is 42.7 Å². The van der Waals surface area contributed by atoms with Crippen LogP contribution in [-0.2, 0) is 19.7 Å². The van der Waals surface area contributed by atoms with Crippen LogP contribution >= 0.6 is 0 Å². The molecule has 1 atom stereocenters. The minimum absolute atomic E-state index is 0.154. The molecule has 0 saturated heterocycles. The van der Waals surface area contributed by atoms with Crippen LogP contribution in [0.2, 0.25) is 0 Å². The first-order valence-corrected chi connectivity index (χ1v) is 8.33. The van der Waals surface area contributed by atoms with Crippen LogP contribution in [0.5, 0.6) is 5.88 Å². The Bertz CT molecular complexity index is 844. The predicted octanol–water partition coefficient (Wildman–Crippen LogP) is 2.13. The summed E-state index contributed by atoms with van der Waals surface area (Å²) >= 11 is 0. The van der Waals surface area contributed by atoms with E-state index in [9.17, 15) is 0 Å². The number of aryl methyl sites for hydroxylation is 1. The highest BCUT2D eigenvalue weighted by Gasteiger charge is 2.28. The second-order valence-electron chi connectivity index (χ2n) is 6.16. The van der Waals surface area contributed by atoms with E-state index in [0.29, 0.717) is 12.5 Å². The van der Waals surface area contributed by atoms with Crippen molar-refractivity contribution < 1.29 is 9.26 Å². The minimum atomic E-state index is 0.154. The van der Waals surface area contributed by atoms with E-state index in [1.54, 1.807) is 6.20 Å². The van der Waals surface area contributed by atoms with Gasteiger partial charge in [0.25, 0.3) is 0 Å². The zero-order valence-corrected chi connectivity index (χ0v) is 14.3. The van der Waals surface area contributed by atoms with Crippen LogP contribution in [0.1, 0.15) is 36.1 Å². The predicted molar refractivity (Wildman–Crippen MR) is 88.7 cm³/mol. The standard InChI is InChI=1S/C17H20N6O2/c1-12-9-14(21-25-12)10-22-7-8-23-15(19-20-17(23)13(22)2)11-24-16-5-3-4-6-18-16/h3-6,9,13H,7-8,10-11H2,1-2H3/t13-/m1/s1. The molecule has 4 heterocycles. The molecule has 3 aromatic rings. The average molecular weight is 340 g/mol. The summed E-state index contributed by atoms with van der Waals surface area (Å²) < 4.78 is 13.0. The van der Waals surface area contributed by atoms with Gasteiger partial charge in [-0.1, -0.05) is 11.2 Å². The normalized spacial score (nSPS) is 17.4. The number of aromatic nitrogens is 5. The fourth-order valence-electron chi connectivity index (χ4n) is 3.08. The van der Waals surface area contributed by atoms with Crippen molar-refractivity contribution in [1.82, 2.24) is 29.8 Å². The number of pyridine rings is 1. The fraction of sp³-hybridized carbons (Fsp3) is 0.412. The van der Waals surface area contributed by atoms with E-state index in [-0.39, 0.29) is 6.04 Å². The monoisotopic (exact) mass is 340 g/mol. The van der Waals surface area contributed by atoms with Gasteiger partial charge >= 0.3 is 0 Å². The van der Waals surface area contributed by atoms with Gasteiger partial charge in [-0.15, -0.1) is 10.2 Å². The van der Waals surface area contributed by atoms with Gasteiger partial charge in [-0.25, -0.2) is 4.98 Å². The smallest absolute Gasteiger partial charge is 0.213 e. The Labute approximate surface area is 145 Å². The Kier molecular flexibility index (Phi) is 4.19. The molecule has 0 unspecified atom stereocenters. The first kappa shape index (κ1) is 15.8. The van der Waals surface area contributed by atoms with Crippen LogP contribution in [-0.4, -0.2) is 36.3 Å². The summed E-state index contributed by atoms with van der Waals surface area (Å²) in [7, 11) is 0. The Morgan fingerprint density at radius 3 is 2.96 bits per heavy atom. The Hall–Kier alpha value is -2.74. The quantitative estimate of drug-likeness (QED) is 0.703. The molecule has 3 aromatic heterocycles. The van der Waals surface area contributed by atoms with E-state index in [1.165, 1.54) is 0 Å². The largest absolute Gasteiger partial charge is 0.469 e. The SMILES string of the molecule is Cc1cc(CN2CCn3c(COc4ccccn4)nnc3[C@H]2C)no1. The summed E-state index contributed by atoms with van der Waals surface area (Å²) in [5.74, 6) is 3.19. The van der Waals surface area contributed by atoms with Gasteiger partial charge in [0.15, 0.2) is 5.82 Å². The lowest BCUT2D eigenvalue weighted by Crippen LogP contribution is -2.37. The molecule has 0 fully saturated rings. The molecule has 0 radical (unpaired) electrons. The molecule has 25 heavy (non-hydrogen) atoms. The van der Waals surface area contributed by atoms with Gasteiger partial charge in [-0.05, 0) is 19.9 Å². The van der Waals surface area contributed by atoms with Crippen molar-refractivity contribution in [3.63, 3.8) is 0 Å². The van der Waals surface area contributed by atoms with Gasteiger partial charge in [0, 0.05) is 38.0 Å². The summed E-state index contributed by atoms with van der Waals surface area (Å²) in [6.07, 6.45) is 1.71. The highest BCUT2D eigenvalue weighted by Crippen LogP contribution is 2.26. The molecule has 0 saturated carbocycles. The zero-order valence-electron chi connectivity index (χ0n) is 14.3. The van der Waals surface area contributed by atoms with Crippen molar-refractivity contribution in [3.05, 3.63) is 53.6 Å². The maximum atomic E-state index is 5.71. The van der Waals surface area contributed by atoms with Crippen LogP contribution in [0.4, 0.5) is 0 Å². The summed E-state index contributed by atoms with van der Waals surface area (Å²) in [6, 6.07) is 7.71. The molecule has 1 aliphatic rings. The maximum Gasteiger partial charge on any atom is 0.213 e. The van der Waals surface area contributed by atoms with E-state index in [2.05, 4.69) is 36.7 Å². The fourth-order valence-corrected chi connectivity index (χ4v) is 3.08. The van der Waals surface area contributed by atoms with Gasteiger partial charge < -0.3 is 13.8 Å². The van der Waals surface area contributed by atoms with Crippen molar-refractivity contribution in [2.45, 2.75) is 39.6 Å². The third kappa shape index (κ3) is 3.25. The van der Waals surface area contributed by atoms with E-state index >= 15 is 0 Å². The van der Waals surface area contributed by atoms with Crippen LogP contribution in [0.3, 0.4) is 0 Å². The minimum Gasteiger partial charge on any atom is -0.469 e. The van der Waals surface area contributed by atoms with Crippen molar-refractivity contribution in [1.29, 1.82) is 0 Å². The summed E-state index contributed by atoms with van der Waals surface area (Å²) in [6.45, 7) is 6.86. The molecule has 8 nitrogen and oxygen atoms in total. The van der Waals surface area contributed by atoms with Gasteiger partial charge in [-0.3, -0.25) is 4.90 Å². The van der Waals surface area contributed by atoms with Gasteiger partial charge in [0.05, 0.1) is 11.7 Å². The molecule has 1 aliphatic heterocycles. The number of rotatable bonds is 5. The summed E-state index contributed by atoms with van der Waals surface area (Å²) in [5.41, 5.74) is 0.941. The van der Waals surface area contributed by atoms with Gasteiger partial charge in [-0.2, -0.15) is 0 Å². The number of hydrogen-bond acceptors (Lipinski definition) is 7.